The predicted molar refractivity (Wildman–Crippen MR) is 93.4 cm³/mol. The molecule has 0 aliphatic carbocycles. The molecule has 1 unspecified atom stereocenters. The van der Waals surface area contributed by atoms with E-state index in [1.807, 2.05) is 35.2 Å². The number of ether oxygens (including phenoxy) is 1. The zero-order chi connectivity index (χ0) is 17.6. The van der Waals surface area contributed by atoms with Crippen LogP contribution in [0.5, 0.6) is 0 Å². The number of hydrogen-bond acceptors (Lipinski definition) is 3. The Labute approximate surface area is 146 Å². The lowest BCUT2D eigenvalue weighted by Crippen LogP contribution is -2.43. The molecule has 5 nitrogen and oxygen atoms in total. The molecule has 1 amide bonds. The first kappa shape index (κ1) is 17.2. The Morgan fingerprint density at radius 1 is 1.08 bits per heavy atom. The fraction of sp³-hybridized carbons (Fsp3) is 0.300. The van der Waals surface area contributed by atoms with Crippen molar-refractivity contribution in [1.82, 2.24) is 4.90 Å². The van der Waals surface area contributed by atoms with Crippen molar-refractivity contribution in [2.75, 3.05) is 19.8 Å². The van der Waals surface area contributed by atoms with Crippen LogP contribution in [-0.2, 0) is 16.0 Å². The number of rotatable bonds is 5. The van der Waals surface area contributed by atoms with E-state index in [2.05, 4.69) is 0 Å². The summed E-state index contributed by atoms with van der Waals surface area (Å²) in [5, 5.41) is 9.26. The fourth-order valence-corrected chi connectivity index (χ4v) is 3.19. The van der Waals surface area contributed by atoms with E-state index < -0.39 is 5.97 Å². The first-order valence-electron chi connectivity index (χ1n) is 8.40. The number of carboxylic acids is 1. The van der Waals surface area contributed by atoms with Crippen molar-refractivity contribution in [3.05, 3.63) is 71.3 Å². The minimum Gasteiger partial charge on any atom is -0.478 e. The molecule has 3 rings (SSSR count). The van der Waals surface area contributed by atoms with E-state index in [9.17, 15) is 14.7 Å². The first-order chi connectivity index (χ1) is 12.2. The van der Waals surface area contributed by atoms with Gasteiger partial charge in [0.05, 0.1) is 24.8 Å². The van der Waals surface area contributed by atoms with Gasteiger partial charge in [0.25, 0.3) is 0 Å². The van der Waals surface area contributed by atoms with Gasteiger partial charge >= 0.3 is 5.97 Å². The topological polar surface area (TPSA) is 66.8 Å². The van der Waals surface area contributed by atoms with Crippen LogP contribution < -0.4 is 0 Å². The average Bonchev–Trinajstić information content (AvgIpc) is 2.67. The number of aryl methyl sites for hydroxylation is 1. The predicted octanol–water partition coefficient (Wildman–Crippen LogP) is 2.92. The van der Waals surface area contributed by atoms with Crippen molar-refractivity contribution in [2.45, 2.75) is 18.9 Å². The van der Waals surface area contributed by atoms with Crippen LogP contribution in [0, 0.1) is 0 Å². The van der Waals surface area contributed by atoms with Crippen LogP contribution in [0.1, 0.15) is 33.9 Å². The SMILES string of the molecule is O=C(O)c1ccccc1CCC(=O)N1CCOCC1c1ccccc1. The molecule has 130 valence electrons. The second-order valence-corrected chi connectivity index (χ2v) is 6.05. The molecule has 1 aliphatic heterocycles. The third-order valence-corrected chi connectivity index (χ3v) is 4.49. The number of hydrogen-bond donors (Lipinski definition) is 1. The summed E-state index contributed by atoms with van der Waals surface area (Å²) in [6.45, 7) is 1.57. The maximum absolute atomic E-state index is 12.8. The minimum atomic E-state index is -0.961. The van der Waals surface area contributed by atoms with Gasteiger partial charge in [0, 0.05) is 13.0 Å². The number of carbonyl (C=O) groups excluding carboxylic acids is 1. The Hall–Kier alpha value is -2.66. The summed E-state index contributed by atoms with van der Waals surface area (Å²) in [6.07, 6.45) is 0.702. The maximum atomic E-state index is 12.8. The largest absolute Gasteiger partial charge is 0.478 e. The van der Waals surface area contributed by atoms with Gasteiger partial charge in [0.15, 0.2) is 0 Å². The van der Waals surface area contributed by atoms with Crippen LogP contribution in [0.15, 0.2) is 54.6 Å². The fourth-order valence-electron chi connectivity index (χ4n) is 3.19. The van der Waals surface area contributed by atoms with Crippen LogP contribution in [-0.4, -0.2) is 41.6 Å². The second kappa shape index (κ2) is 7.94. The van der Waals surface area contributed by atoms with Gasteiger partial charge in [0.1, 0.15) is 0 Å². The zero-order valence-corrected chi connectivity index (χ0v) is 13.9. The van der Waals surface area contributed by atoms with Gasteiger partial charge in [0.2, 0.25) is 5.91 Å². The smallest absolute Gasteiger partial charge is 0.335 e. The maximum Gasteiger partial charge on any atom is 0.335 e. The van der Waals surface area contributed by atoms with Crippen LogP contribution in [0.4, 0.5) is 0 Å². The first-order valence-corrected chi connectivity index (χ1v) is 8.40. The van der Waals surface area contributed by atoms with E-state index in [1.54, 1.807) is 24.3 Å². The highest BCUT2D eigenvalue weighted by Gasteiger charge is 2.28. The molecule has 0 radical (unpaired) electrons. The molecule has 0 bridgehead atoms. The Morgan fingerprint density at radius 2 is 1.80 bits per heavy atom. The molecule has 0 aromatic heterocycles. The van der Waals surface area contributed by atoms with Crippen LogP contribution in [0.3, 0.4) is 0 Å². The summed E-state index contributed by atoms with van der Waals surface area (Å²) in [4.78, 5) is 25.9. The van der Waals surface area contributed by atoms with Crippen molar-refractivity contribution < 1.29 is 19.4 Å². The van der Waals surface area contributed by atoms with Gasteiger partial charge in [-0.3, -0.25) is 4.79 Å². The van der Waals surface area contributed by atoms with Crippen LogP contribution in [0.2, 0.25) is 0 Å². The molecule has 0 spiro atoms. The van der Waals surface area contributed by atoms with Crippen LogP contribution >= 0.6 is 0 Å². The molecule has 1 atom stereocenters. The number of benzene rings is 2. The highest BCUT2D eigenvalue weighted by molar-refractivity contribution is 5.89. The normalized spacial score (nSPS) is 17.3. The second-order valence-electron chi connectivity index (χ2n) is 6.05. The highest BCUT2D eigenvalue weighted by atomic mass is 16.5. The summed E-state index contributed by atoms with van der Waals surface area (Å²) >= 11 is 0. The highest BCUT2D eigenvalue weighted by Crippen LogP contribution is 2.25. The summed E-state index contributed by atoms with van der Waals surface area (Å²) in [6, 6.07) is 16.6. The number of nitrogens with zero attached hydrogens (tertiary/aromatic N) is 1. The van der Waals surface area contributed by atoms with E-state index in [-0.39, 0.29) is 23.9 Å². The number of morpholine rings is 1. The molecular formula is C20H21NO4. The third kappa shape index (κ3) is 4.06. The minimum absolute atomic E-state index is 0.0253. The van der Waals surface area contributed by atoms with Gasteiger partial charge in [-0.1, -0.05) is 48.5 Å². The third-order valence-electron chi connectivity index (χ3n) is 4.49. The van der Waals surface area contributed by atoms with E-state index in [4.69, 9.17) is 4.74 Å². The van der Waals surface area contributed by atoms with E-state index in [0.717, 1.165) is 5.56 Å². The molecule has 5 heteroatoms. The molecule has 25 heavy (non-hydrogen) atoms. The lowest BCUT2D eigenvalue weighted by molar-refractivity contribution is -0.140. The summed E-state index contributed by atoms with van der Waals surface area (Å²) in [5.41, 5.74) is 2.01. The van der Waals surface area contributed by atoms with Crippen molar-refractivity contribution >= 4 is 11.9 Å². The molecule has 2 aromatic carbocycles. The van der Waals surface area contributed by atoms with Crippen molar-refractivity contribution in [3.63, 3.8) is 0 Å². The monoisotopic (exact) mass is 339 g/mol. The molecule has 1 aliphatic rings. The van der Waals surface area contributed by atoms with Gasteiger partial charge < -0.3 is 14.7 Å². The number of amides is 1. The van der Waals surface area contributed by atoms with Gasteiger partial charge in [-0.25, -0.2) is 4.79 Å². The zero-order valence-electron chi connectivity index (χ0n) is 13.9. The molecule has 1 fully saturated rings. The number of carbonyl (C=O) groups is 2. The summed E-state index contributed by atoms with van der Waals surface area (Å²) < 4.78 is 5.56. The Kier molecular flexibility index (Phi) is 5.46. The molecule has 1 N–H and O–H groups in total. The van der Waals surface area contributed by atoms with E-state index >= 15 is 0 Å². The molecule has 0 saturated carbocycles. The van der Waals surface area contributed by atoms with Gasteiger partial charge in [-0.2, -0.15) is 0 Å². The Balaban J connectivity index is 1.70. The molecule has 2 aromatic rings. The van der Waals surface area contributed by atoms with Crippen LogP contribution in [0.25, 0.3) is 0 Å². The lowest BCUT2D eigenvalue weighted by atomic mass is 10.0. The average molecular weight is 339 g/mol. The van der Waals surface area contributed by atoms with E-state index in [1.165, 1.54) is 0 Å². The van der Waals surface area contributed by atoms with Gasteiger partial charge in [-0.05, 0) is 23.6 Å². The molecular weight excluding hydrogens is 318 g/mol. The van der Waals surface area contributed by atoms with Crippen molar-refractivity contribution in [2.24, 2.45) is 0 Å². The Bertz CT molecular complexity index is 744. The molecule has 1 heterocycles. The Morgan fingerprint density at radius 3 is 2.56 bits per heavy atom. The summed E-state index contributed by atoms with van der Waals surface area (Å²) in [7, 11) is 0. The lowest BCUT2D eigenvalue weighted by Gasteiger charge is -2.36. The molecule has 1 saturated heterocycles. The van der Waals surface area contributed by atoms with Crippen molar-refractivity contribution in [1.29, 1.82) is 0 Å². The van der Waals surface area contributed by atoms with E-state index in [0.29, 0.717) is 31.7 Å². The van der Waals surface area contributed by atoms with Gasteiger partial charge in [-0.15, -0.1) is 0 Å². The quantitative estimate of drug-likeness (QED) is 0.909. The number of carboxylic acid groups (broad SMARTS) is 1. The standard InChI is InChI=1S/C20H21NO4/c22-19(11-10-15-6-4-5-9-17(15)20(23)24)21-12-13-25-14-18(21)16-7-2-1-3-8-16/h1-9,18H,10-14H2,(H,23,24). The van der Waals surface area contributed by atoms with Crippen molar-refractivity contribution in [3.8, 4) is 0 Å². The summed E-state index contributed by atoms with van der Waals surface area (Å²) in [5.74, 6) is -0.936. The number of aromatic carboxylic acids is 1.